The Bertz CT molecular complexity index is 542. The standard InChI is InChI=1S/C16H21ClN2O3/c1-11(20)18-9-8-16(21)19-12-6-7-15(14(17)10-12)22-13-4-2-3-5-13/h6-7,10,13H,2-5,8-9H2,1H3,(H,18,20)(H,19,21). The van der Waals surface area contributed by atoms with Crippen molar-refractivity contribution in [3.63, 3.8) is 0 Å². The van der Waals surface area contributed by atoms with Crippen LogP contribution in [0, 0.1) is 0 Å². The van der Waals surface area contributed by atoms with Gasteiger partial charge in [0.2, 0.25) is 11.8 Å². The first-order chi connectivity index (χ1) is 10.5. The Kier molecular flexibility index (Phi) is 6.07. The molecule has 120 valence electrons. The van der Waals surface area contributed by atoms with Crippen LogP contribution in [0.15, 0.2) is 18.2 Å². The van der Waals surface area contributed by atoms with E-state index in [9.17, 15) is 9.59 Å². The molecule has 2 N–H and O–H groups in total. The number of rotatable bonds is 6. The number of carbonyl (C=O) groups excluding carboxylic acids is 2. The van der Waals surface area contributed by atoms with Crippen molar-refractivity contribution in [2.24, 2.45) is 0 Å². The van der Waals surface area contributed by atoms with Gasteiger partial charge in [-0.15, -0.1) is 0 Å². The summed E-state index contributed by atoms with van der Waals surface area (Å²) in [7, 11) is 0. The lowest BCUT2D eigenvalue weighted by molar-refractivity contribution is -0.119. The fourth-order valence-electron chi connectivity index (χ4n) is 2.44. The summed E-state index contributed by atoms with van der Waals surface area (Å²) in [5.41, 5.74) is 0.622. The van der Waals surface area contributed by atoms with Gasteiger partial charge >= 0.3 is 0 Å². The van der Waals surface area contributed by atoms with Crippen molar-refractivity contribution in [2.75, 3.05) is 11.9 Å². The number of amides is 2. The molecular formula is C16H21ClN2O3. The van der Waals surface area contributed by atoms with E-state index in [1.54, 1.807) is 18.2 Å². The summed E-state index contributed by atoms with van der Waals surface area (Å²) in [6.45, 7) is 1.73. The fraction of sp³-hybridized carbons (Fsp3) is 0.500. The van der Waals surface area contributed by atoms with Gasteiger partial charge in [0.15, 0.2) is 0 Å². The topological polar surface area (TPSA) is 67.4 Å². The Balaban J connectivity index is 1.85. The van der Waals surface area contributed by atoms with Gasteiger partial charge in [-0.25, -0.2) is 0 Å². The molecule has 22 heavy (non-hydrogen) atoms. The quantitative estimate of drug-likeness (QED) is 0.844. The van der Waals surface area contributed by atoms with E-state index in [2.05, 4.69) is 10.6 Å². The Morgan fingerprint density at radius 2 is 2.05 bits per heavy atom. The van der Waals surface area contributed by atoms with Gasteiger partial charge in [0.05, 0.1) is 11.1 Å². The van der Waals surface area contributed by atoms with Crippen molar-refractivity contribution in [3.8, 4) is 5.75 Å². The predicted molar refractivity (Wildman–Crippen MR) is 86.3 cm³/mol. The third-order valence-corrected chi connectivity index (χ3v) is 3.83. The molecule has 2 amide bonds. The maximum atomic E-state index is 11.7. The summed E-state index contributed by atoms with van der Waals surface area (Å²) >= 11 is 6.20. The molecule has 5 nitrogen and oxygen atoms in total. The van der Waals surface area contributed by atoms with E-state index < -0.39 is 0 Å². The summed E-state index contributed by atoms with van der Waals surface area (Å²) in [6.07, 6.45) is 5.00. The number of nitrogens with one attached hydrogen (secondary N) is 2. The van der Waals surface area contributed by atoms with Crippen LogP contribution in [0.1, 0.15) is 39.0 Å². The zero-order valence-electron chi connectivity index (χ0n) is 12.7. The maximum Gasteiger partial charge on any atom is 0.226 e. The molecule has 0 bridgehead atoms. The highest BCUT2D eigenvalue weighted by atomic mass is 35.5. The lowest BCUT2D eigenvalue weighted by Gasteiger charge is -2.15. The monoisotopic (exact) mass is 324 g/mol. The average molecular weight is 325 g/mol. The fourth-order valence-corrected chi connectivity index (χ4v) is 2.66. The molecule has 1 aromatic rings. The lowest BCUT2D eigenvalue weighted by atomic mass is 10.2. The molecule has 1 fully saturated rings. The third kappa shape index (κ3) is 5.22. The zero-order valence-corrected chi connectivity index (χ0v) is 13.4. The number of hydrogen-bond donors (Lipinski definition) is 2. The van der Waals surface area contributed by atoms with Crippen molar-refractivity contribution >= 4 is 29.1 Å². The van der Waals surface area contributed by atoms with Crippen molar-refractivity contribution in [2.45, 2.75) is 45.1 Å². The number of hydrogen-bond acceptors (Lipinski definition) is 3. The van der Waals surface area contributed by atoms with Gasteiger partial charge in [-0.3, -0.25) is 9.59 Å². The molecule has 0 saturated heterocycles. The highest BCUT2D eigenvalue weighted by molar-refractivity contribution is 6.32. The van der Waals surface area contributed by atoms with Crippen LogP contribution in [0.25, 0.3) is 0 Å². The van der Waals surface area contributed by atoms with Gasteiger partial charge in [-0.05, 0) is 43.9 Å². The second-order valence-electron chi connectivity index (χ2n) is 5.45. The summed E-state index contributed by atoms with van der Waals surface area (Å²) in [5.74, 6) is 0.336. The van der Waals surface area contributed by atoms with Gasteiger partial charge in [-0.1, -0.05) is 11.6 Å². The average Bonchev–Trinajstić information content (AvgIpc) is 2.94. The minimum absolute atomic E-state index is 0.149. The van der Waals surface area contributed by atoms with Crippen LogP contribution < -0.4 is 15.4 Å². The lowest BCUT2D eigenvalue weighted by Crippen LogP contribution is -2.25. The molecule has 0 spiro atoms. The smallest absolute Gasteiger partial charge is 0.226 e. The molecule has 0 heterocycles. The largest absolute Gasteiger partial charge is 0.489 e. The van der Waals surface area contributed by atoms with Gasteiger partial charge in [0.25, 0.3) is 0 Å². The Morgan fingerprint density at radius 1 is 1.32 bits per heavy atom. The summed E-state index contributed by atoms with van der Waals surface area (Å²) in [5, 5.41) is 5.82. The summed E-state index contributed by atoms with van der Waals surface area (Å²) < 4.78 is 5.87. The van der Waals surface area contributed by atoms with E-state index in [1.807, 2.05) is 0 Å². The number of ether oxygens (including phenoxy) is 1. The first kappa shape index (κ1) is 16.6. The normalized spacial score (nSPS) is 14.6. The van der Waals surface area contributed by atoms with E-state index in [0.717, 1.165) is 12.8 Å². The van der Waals surface area contributed by atoms with Crippen LogP contribution in [-0.4, -0.2) is 24.5 Å². The van der Waals surface area contributed by atoms with Crippen LogP contribution in [0.3, 0.4) is 0 Å². The van der Waals surface area contributed by atoms with E-state index >= 15 is 0 Å². The second-order valence-corrected chi connectivity index (χ2v) is 5.86. The second kappa shape index (κ2) is 8.03. The predicted octanol–water partition coefficient (Wildman–Crippen LogP) is 3.13. The van der Waals surface area contributed by atoms with E-state index in [0.29, 0.717) is 23.0 Å². The van der Waals surface area contributed by atoms with Crippen LogP contribution in [0.5, 0.6) is 5.75 Å². The van der Waals surface area contributed by atoms with Gasteiger partial charge in [0.1, 0.15) is 5.75 Å². The van der Waals surface area contributed by atoms with Crippen LogP contribution in [-0.2, 0) is 9.59 Å². The van der Waals surface area contributed by atoms with Crippen LogP contribution in [0.4, 0.5) is 5.69 Å². The first-order valence-corrected chi connectivity index (χ1v) is 7.93. The highest BCUT2D eigenvalue weighted by Crippen LogP contribution is 2.31. The number of benzene rings is 1. The van der Waals surface area contributed by atoms with Gasteiger partial charge in [0, 0.05) is 25.6 Å². The summed E-state index contributed by atoms with van der Waals surface area (Å²) in [4.78, 5) is 22.5. The van der Waals surface area contributed by atoms with E-state index in [4.69, 9.17) is 16.3 Å². The molecule has 0 aromatic heterocycles. The third-order valence-electron chi connectivity index (χ3n) is 3.54. The van der Waals surface area contributed by atoms with E-state index in [1.165, 1.54) is 19.8 Å². The molecule has 0 unspecified atom stereocenters. The molecule has 1 saturated carbocycles. The van der Waals surface area contributed by atoms with Crippen molar-refractivity contribution in [3.05, 3.63) is 23.2 Å². The number of carbonyl (C=O) groups is 2. The van der Waals surface area contributed by atoms with Gasteiger partial charge < -0.3 is 15.4 Å². The molecule has 0 atom stereocenters. The van der Waals surface area contributed by atoms with Crippen LogP contribution >= 0.6 is 11.6 Å². The number of halogens is 1. The zero-order chi connectivity index (χ0) is 15.9. The summed E-state index contributed by atoms with van der Waals surface area (Å²) in [6, 6.07) is 5.23. The Hall–Kier alpha value is -1.75. The minimum atomic E-state index is -0.172. The van der Waals surface area contributed by atoms with E-state index in [-0.39, 0.29) is 24.3 Å². The maximum absolute atomic E-state index is 11.7. The van der Waals surface area contributed by atoms with Crippen molar-refractivity contribution in [1.82, 2.24) is 5.32 Å². The minimum Gasteiger partial charge on any atom is -0.489 e. The van der Waals surface area contributed by atoms with Crippen molar-refractivity contribution in [1.29, 1.82) is 0 Å². The van der Waals surface area contributed by atoms with Crippen molar-refractivity contribution < 1.29 is 14.3 Å². The Labute approximate surface area is 135 Å². The number of anilines is 1. The molecule has 6 heteroatoms. The Morgan fingerprint density at radius 3 is 2.68 bits per heavy atom. The molecule has 1 aliphatic rings. The molecular weight excluding hydrogens is 304 g/mol. The molecule has 2 rings (SSSR count). The molecule has 1 aliphatic carbocycles. The first-order valence-electron chi connectivity index (χ1n) is 7.55. The highest BCUT2D eigenvalue weighted by Gasteiger charge is 2.17. The SMILES string of the molecule is CC(=O)NCCC(=O)Nc1ccc(OC2CCCC2)c(Cl)c1. The molecule has 0 aliphatic heterocycles. The molecule has 0 radical (unpaired) electrons. The molecule has 1 aromatic carbocycles. The van der Waals surface area contributed by atoms with Crippen LogP contribution in [0.2, 0.25) is 5.02 Å². The van der Waals surface area contributed by atoms with Gasteiger partial charge in [-0.2, -0.15) is 0 Å².